The van der Waals surface area contributed by atoms with Crippen molar-refractivity contribution >= 4 is 17.6 Å². The molecule has 3 rings (SSSR count). The van der Waals surface area contributed by atoms with Crippen LogP contribution >= 0.6 is 0 Å². The third kappa shape index (κ3) is 1.69. The Hall–Kier alpha value is -2.63. The van der Waals surface area contributed by atoms with E-state index in [2.05, 4.69) is 5.16 Å². The molecular weight excluding hydrogens is 248 g/mol. The molecule has 6 nitrogen and oxygen atoms in total. The van der Waals surface area contributed by atoms with Gasteiger partial charge in [0.25, 0.3) is 0 Å². The molecule has 0 atom stereocenters. The Morgan fingerprint density at radius 2 is 2.26 bits per heavy atom. The van der Waals surface area contributed by atoms with E-state index in [9.17, 15) is 9.59 Å². The fourth-order valence-corrected chi connectivity index (χ4v) is 2.24. The van der Waals surface area contributed by atoms with Crippen LogP contribution in [0.2, 0.25) is 0 Å². The SMILES string of the molecule is CN1C(=O)Cc2cccc(-c3cc(C(=O)O)no3)c21. The Morgan fingerprint density at radius 1 is 1.47 bits per heavy atom. The van der Waals surface area contributed by atoms with E-state index in [1.165, 1.54) is 6.07 Å². The summed E-state index contributed by atoms with van der Waals surface area (Å²) in [6.07, 6.45) is 0.347. The van der Waals surface area contributed by atoms with Gasteiger partial charge >= 0.3 is 5.97 Å². The van der Waals surface area contributed by atoms with E-state index in [1.807, 2.05) is 12.1 Å². The maximum atomic E-state index is 11.7. The molecule has 0 radical (unpaired) electrons. The van der Waals surface area contributed by atoms with Crippen molar-refractivity contribution in [2.24, 2.45) is 0 Å². The first kappa shape index (κ1) is 11.5. The van der Waals surface area contributed by atoms with Crippen LogP contribution in [-0.2, 0) is 11.2 Å². The second-order valence-corrected chi connectivity index (χ2v) is 4.32. The zero-order chi connectivity index (χ0) is 13.6. The highest BCUT2D eigenvalue weighted by Gasteiger charge is 2.28. The van der Waals surface area contributed by atoms with Crippen LogP contribution in [0.5, 0.6) is 0 Å². The molecule has 1 aromatic carbocycles. The van der Waals surface area contributed by atoms with Crippen LogP contribution in [0.25, 0.3) is 11.3 Å². The van der Waals surface area contributed by atoms with Gasteiger partial charge in [0.1, 0.15) is 0 Å². The average molecular weight is 258 g/mol. The maximum absolute atomic E-state index is 11.7. The van der Waals surface area contributed by atoms with E-state index in [0.29, 0.717) is 17.7 Å². The summed E-state index contributed by atoms with van der Waals surface area (Å²) in [7, 11) is 1.69. The predicted octanol–water partition coefficient (Wildman–Crippen LogP) is 1.56. The number of fused-ring (bicyclic) bond motifs is 1. The minimum Gasteiger partial charge on any atom is -0.476 e. The minimum atomic E-state index is -1.15. The molecule has 1 amide bonds. The summed E-state index contributed by atoms with van der Waals surface area (Å²) < 4.78 is 5.05. The molecule has 0 aliphatic carbocycles. The number of benzene rings is 1. The molecule has 96 valence electrons. The van der Waals surface area contributed by atoms with Crippen LogP contribution in [-0.4, -0.2) is 29.2 Å². The Morgan fingerprint density at radius 3 is 2.95 bits per heavy atom. The molecule has 1 aromatic heterocycles. The van der Waals surface area contributed by atoms with Gasteiger partial charge < -0.3 is 14.5 Å². The first-order valence-electron chi connectivity index (χ1n) is 5.67. The number of hydrogen-bond donors (Lipinski definition) is 1. The molecule has 0 saturated heterocycles. The van der Waals surface area contributed by atoms with Gasteiger partial charge in [-0.05, 0) is 11.6 Å². The van der Waals surface area contributed by atoms with Gasteiger partial charge in [-0.3, -0.25) is 4.79 Å². The number of carboxylic acid groups (broad SMARTS) is 1. The standard InChI is InChI=1S/C13H10N2O4/c1-15-11(16)5-7-3-2-4-8(12(7)15)10-6-9(13(17)18)14-19-10/h2-4,6H,5H2,1H3,(H,17,18). The van der Waals surface area contributed by atoms with Crippen molar-refractivity contribution in [2.45, 2.75) is 6.42 Å². The molecule has 2 heterocycles. The molecule has 0 saturated carbocycles. The first-order chi connectivity index (χ1) is 9.08. The number of aromatic nitrogens is 1. The molecule has 0 spiro atoms. The quantitative estimate of drug-likeness (QED) is 0.883. The number of carbonyl (C=O) groups is 2. The molecule has 0 unspecified atom stereocenters. The zero-order valence-corrected chi connectivity index (χ0v) is 10.1. The van der Waals surface area contributed by atoms with Crippen LogP contribution < -0.4 is 4.90 Å². The van der Waals surface area contributed by atoms with Crippen LogP contribution in [0.15, 0.2) is 28.8 Å². The number of hydrogen-bond acceptors (Lipinski definition) is 4. The Bertz CT molecular complexity index is 690. The van der Waals surface area contributed by atoms with E-state index in [4.69, 9.17) is 9.63 Å². The van der Waals surface area contributed by atoms with Crippen molar-refractivity contribution in [3.8, 4) is 11.3 Å². The fourth-order valence-electron chi connectivity index (χ4n) is 2.24. The number of likely N-dealkylation sites (N-methyl/N-ethyl adjacent to an activating group) is 1. The van der Waals surface area contributed by atoms with Gasteiger partial charge in [0.05, 0.1) is 12.1 Å². The Balaban J connectivity index is 2.14. The number of anilines is 1. The van der Waals surface area contributed by atoms with Gasteiger partial charge in [0, 0.05) is 18.7 Å². The van der Waals surface area contributed by atoms with E-state index in [1.54, 1.807) is 18.0 Å². The van der Waals surface area contributed by atoms with Gasteiger partial charge in [0.15, 0.2) is 11.5 Å². The van der Waals surface area contributed by atoms with Gasteiger partial charge in [-0.1, -0.05) is 17.3 Å². The van der Waals surface area contributed by atoms with Crippen LogP contribution in [0.4, 0.5) is 5.69 Å². The Labute approximate surface area is 108 Å². The van der Waals surface area contributed by atoms with E-state index < -0.39 is 5.97 Å². The molecule has 1 aliphatic heterocycles. The van der Waals surface area contributed by atoms with Crippen molar-refractivity contribution in [2.75, 3.05) is 11.9 Å². The van der Waals surface area contributed by atoms with Crippen LogP contribution in [0.1, 0.15) is 16.1 Å². The first-order valence-corrected chi connectivity index (χ1v) is 5.67. The van der Waals surface area contributed by atoms with Crippen LogP contribution in [0.3, 0.4) is 0 Å². The highest BCUT2D eigenvalue weighted by atomic mass is 16.5. The summed E-state index contributed by atoms with van der Waals surface area (Å²) >= 11 is 0. The van der Waals surface area contributed by atoms with Crippen molar-refractivity contribution in [3.05, 3.63) is 35.5 Å². The lowest BCUT2D eigenvalue weighted by molar-refractivity contribution is -0.117. The lowest BCUT2D eigenvalue weighted by atomic mass is 10.1. The number of carboxylic acids is 1. The number of carbonyl (C=O) groups excluding carboxylic acids is 1. The highest BCUT2D eigenvalue weighted by molar-refractivity contribution is 6.05. The van der Waals surface area contributed by atoms with Gasteiger partial charge in [-0.2, -0.15) is 0 Å². The highest BCUT2D eigenvalue weighted by Crippen LogP contribution is 2.37. The van der Waals surface area contributed by atoms with Crippen molar-refractivity contribution < 1.29 is 19.2 Å². The molecule has 6 heteroatoms. The monoisotopic (exact) mass is 258 g/mol. The molecule has 0 bridgehead atoms. The molecular formula is C13H10N2O4. The number of nitrogens with zero attached hydrogens (tertiary/aromatic N) is 2. The lowest BCUT2D eigenvalue weighted by Crippen LogP contribution is -2.21. The molecule has 19 heavy (non-hydrogen) atoms. The number of amides is 1. The summed E-state index contributed by atoms with van der Waals surface area (Å²) in [5, 5.41) is 12.3. The summed E-state index contributed by atoms with van der Waals surface area (Å²) in [4.78, 5) is 24.1. The second-order valence-electron chi connectivity index (χ2n) is 4.32. The smallest absolute Gasteiger partial charge is 0.358 e. The van der Waals surface area contributed by atoms with E-state index in [-0.39, 0.29) is 11.6 Å². The summed E-state index contributed by atoms with van der Waals surface area (Å²) in [5.74, 6) is -0.803. The lowest BCUT2D eigenvalue weighted by Gasteiger charge is -2.13. The van der Waals surface area contributed by atoms with Gasteiger partial charge in [-0.25, -0.2) is 4.79 Å². The van der Waals surface area contributed by atoms with Gasteiger partial charge in [0.2, 0.25) is 5.91 Å². The summed E-state index contributed by atoms with van der Waals surface area (Å²) in [6.45, 7) is 0. The normalized spacial score (nSPS) is 13.7. The average Bonchev–Trinajstić information content (AvgIpc) is 2.96. The Kier molecular flexibility index (Phi) is 2.38. The van der Waals surface area contributed by atoms with Crippen molar-refractivity contribution in [1.82, 2.24) is 5.16 Å². The molecule has 0 fully saturated rings. The third-order valence-electron chi connectivity index (χ3n) is 3.17. The number of rotatable bonds is 2. The van der Waals surface area contributed by atoms with Crippen LogP contribution in [0, 0.1) is 0 Å². The third-order valence-corrected chi connectivity index (χ3v) is 3.17. The van der Waals surface area contributed by atoms with Crippen molar-refractivity contribution in [3.63, 3.8) is 0 Å². The van der Waals surface area contributed by atoms with Gasteiger partial charge in [-0.15, -0.1) is 0 Å². The molecule has 2 aromatic rings. The summed E-state index contributed by atoms with van der Waals surface area (Å²) in [5.41, 5.74) is 2.17. The molecule has 1 aliphatic rings. The van der Waals surface area contributed by atoms with E-state index in [0.717, 1.165) is 11.3 Å². The van der Waals surface area contributed by atoms with Crippen molar-refractivity contribution in [1.29, 1.82) is 0 Å². The predicted molar refractivity (Wildman–Crippen MR) is 66.0 cm³/mol. The zero-order valence-electron chi connectivity index (χ0n) is 10.1. The fraction of sp³-hybridized carbons (Fsp3) is 0.154. The molecule has 1 N–H and O–H groups in total. The summed E-state index contributed by atoms with van der Waals surface area (Å²) in [6, 6.07) is 6.81. The largest absolute Gasteiger partial charge is 0.476 e. The minimum absolute atomic E-state index is 0.000392. The number of para-hydroxylation sites is 1. The van der Waals surface area contributed by atoms with E-state index >= 15 is 0 Å². The topological polar surface area (TPSA) is 83.6 Å². The maximum Gasteiger partial charge on any atom is 0.358 e. The number of aromatic carboxylic acids is 1. The second kappa shape index (κ2) is 3.94.